The number of thioether (sulfide) groups is 1. The van der Waals surface area contributed by atoms with Gasteiger partial charge in [-0.25, -0.2) is 9.50 Å². The first-order valence-electron chi connectivity index (χ1n) is 3.36. The van der Waals surface area contributed by atoms with Crippen LogP contribution in [0.1, 0.15) is 0 Å². The molecule has 0 aliphatic carbocycles. The van der Waals surface area contributed by atoms with Gasteiger partial charge in [0.15, 0.2) is 5.15 Å². The van der Waals surface area contributed by atoms with Crippen molar-refractivity contribution in [2.45, 2.75) is 5.16 Å². The van der Waals surface area contributed by atoms with E-state index < -0.39 is 0 Å². The number of fused-ring (bicyclic) bond motifs is 1. The molecular weight excluding hydrogens is 194 g/mol. The van der Waals surface area contributed by atoms with Crippen LogP contribution in [0.4, 0.5) is 0 Å². The second-order valence-electron chi connectivity index (χ2n) is 2.23. The van der Waals surface area contributed by atoms with Gasteiger partial charge in [-0.05, 0) is 18.4 Å². The molecule has 62 valence electrons. The predicted molar refractivity (Wildman–Crippen MR) is 49.8 cm³/mol. The zero-order valence-corrected chi connectivity index (χ0v) is 7.93. The lowest BCUT2D eigenvalue weighted by Crippen LogP contribution is -1.95. The second kappa shape index (κ2) is 2.95. The Morgan fingerprint density at radius 3 is 3.17 bits per heavy atom. The van der Waals surface area contributed by atoms with Gasteiger partial charge in [0.25, 0.3) is 0 Å². The van der Waals surface area contributed by atoms with Crippen molar-refractivity contribution in [1.82, 2.24) is 14.6 Å². The molecule has 0 bridgehead atoms. The molecule has 0 aromatic carbocycles. The fourth-order valence-electron chi connectivity index (χ4n) is 0.965. The highest BCUT2D eigenvalue weighted by molar-refractivity contribution is 7.98. The highest BCUT2D eigenvalue weighted by Gasteiger charge is 2.03. The van der Waals surface area contributed by atoms with Crippen molar-refractivity contribution in [2.24, 2.45) is 0 Å². The fraction of sp³-hybridized carbons (Fsp3) is 0.143. The molecule has 0 radical (unpaired) electrons. The summed E-state index contributed by atoms with van der Waals surface area (Å²) in [6, 6.07) is 3.77. The van der Waals surface area contributed by atoms with E-state index in [-0.39, 0.29) is 0 Å². The molecule has 0 atom stereocenters. The maximum Gasteiger partial charge on any atom is 0.208 e. The molecule has 0 saturated carbocycles. The van der Waals surface area contributed by atoms with Crippen molar-refractivity contribution in [2.75, 3.05) is 6.26 Å². The van der Waals surface area contributed by atoms with Gasteiger partial charge in [-0.2, -0.15) is 0 Å². The van der Waals surface area contributed by atoms with E-state index in [9.17, 15) is 0 Å². The van der Waals surface area contributed by atoms with Gasteiger partial charge >= 0.3 is 0 Å². The van der Waals surface area contributed by atoms with Crippen LogP contribution >= 0.6 is 23.4 Å². The zero-order chi connectivity index (χ0) is 8.55. The van der Waals surface area contributed by atoms with Crippen LogP contribution in [0.25, 0.3) is 5.52 Å². The largest absolute Gasteiger partial charge is 0.235 e. The summed E-state index contributed by atoms with van der Waals surface area (Å²) in [5.74, 6) is 0. The number of rotatable bonds is 1. The normalized spacial score (nSPS) is 10.8. The Hall–Kier alpha value is -0.740. The average molecular weight is 200 g/mol. The first-order valence-corrected chi connectivity index (χ1v) is 4.96. The van der Waals surface area contributed by atoms with E-state index in [1.807, 2.05) is 24.6 Å². The van der Waals surface area contributed by atoms with Crippen LogP contribution < -0.4 is 0 Å². The molecule has 0 saturated heterocycles. The molecule has 2 heterocycles. The topological polar surface area (TPSA) is 30.2 Å². The van der Waals surface area contributed by atoms with E-state index in [4.69, 9.17) is 11.6 Å². The summed E-state index contributed by atoms with van der Waals surface area (Å²) in [6.07, 6.45) is 3.77. The first-order chi connectivity index (χ1) is 5.81. The van der Waals surface area contributed by atoms with Gasteiger partial charge < -0.3 is 0 Å². The van der Waals surface area contributed by atoms with Crippen molar-refractivity contribution >= 4 is 28.9 Å². The van der Waals surface area contributed by atoms with Crippen LogP contribution in [-0.4, -0.2) is 20.9 Å². The Labute approximate surface area is 78.7 Å². The van der Waals surface area contributed by atoms with Gasteiger partial charge in [0.1, 0.15) is 5.52 Å². The zero-order valence-electron chi connectivity index (χ0n) is 6.36. The van der Waals surface area contributed by atoms with Gasteiger partial charge in [-0.1, -0.05) is 23.4 Å². The predicted octanol–water partition coefficient (Wildman–Crippen LogP) is 2.10. The molecule has 0 aliphatic heterocycles. The summed E-state index contributed by atoms with van der Waals surface area (Å²) < 4.78 is 1.72. The summed E-state index contributed by atoms with van der Waals surface area (Å²) in [7, 11) is 0. The van der Waals surface area contributed by atoms with Crippen molar-refractivity contribution in [3.05, 3.63) is 23.5 Å². The first kappa shape index (κ1) is 7.89. The SMILES string of the molecule is CSc1nc(Cl)c2cccn2n1. The molecule has 3 nitrogen and oxygen atoms in total. The van der Waals surface area contributed by atoms with E-state index >= 15 is 0 Å². The fourth-order valence-corrected chi connectivity index (χ4v) is 1.60. The molecule has 0 spiro atoms. The molecule has 0 amide bonds. The van der Waals surface area contributed by atoms with Crippen molar-refractivity contribution < 1.29 is 0 Å². The van der Waals surface area contributed by atoms with Crippen molar-refractivity contribution in [3.8, 4) is 0 Å². The number of hydrogen-bond acceptors (Lipinski definition) is 3. The Bertz CT molecular complexity index is 412. The molecule has 0 unspecified atom stereocenters. The van der Waals surface area contributed by atoms with E-state index in [0.29, 0.717) is 10.3 Å². The highest BCUT2D eigenvalue weighted by atomic mass is 35.5. The van der Waals surface area contributed by atoms with Crippen LogP contribution in [0.5, 0.6) is 0 Å². The Kier molecular flexibility index (Phi) is 1.94. The van der Waals surface area contributed by atoms with E-state index in [1.165, 1.54) is 11.8 Å². The van der Waals surface area contributed by atoms with E-state index in [2.05, 4.69) is 10.1 Å². The lowest BCUT2D eigenvalue weighted by atomic mass is 10.5. The number of halogens is 1. The maximum atomic E-state index is 5.90. The Morgan fingerprint density at radius 1 is 1.58 bits per heavy atom. The molecule has 12 heavy (non-hydrogen) atoms. The summed E-state index contributed by atoms with van der Waals surface area (Å²) in [6.45, 7) is 0. The molecule has 0 fully saturated rings. The molecular formula is C7H6ClN3S. The Morgan fingerprint density at radius 2 is 2.42 bits per heavy atom. The van der Waals surface area contributed by atoms with Crippen molar-refractivity contribution in [3.63, 3.8) is 0 Å². The van der Waals surface area contributed by atoms with Crippen LogP contribution in [0.2, 0.25) is 5.15 Å². The Balaban J connectivity index is 2.75. The van der Waals surface area contributed by atoms with Crippen LogP contribution in [0.15, 0.2) is 23.5 Å². The molecule has 2 aromatic rings. The van der Waals surface area contributed by atoms with Gasteiger partial charge in [-0.3, -0.25) is 0 Å². The van der Waals surface area contributed by atoms with Crippen LogP contribution in [0, 0.1) is 0 Å². The monoisotopic (exact) mass is 199 g/mol. The summed E-state index contributed by atoms with van der Waals surface area (Å²) in [5.41, 5.74) is 0.842. The summed E-state index contributed by atoms with van der Waals surface area (Å²) in [4.78, 5) is 4.09. The summed E-state index contributed by atoms with van der Waals surface area (Å²) in [5, 5.41) is 5.38. The minimum absolute atomic E-state index is 0.499. The molecule has 2 aromatic heterocycles. The third kappa shape index (κ3) is 1.17. The number of nitrogens with zero attached hydrogens (tertiary/aromatic N) is 3. The van der Waals surface area contributed by atoms with Crippen LogP contribution in [0.3, 0.4) is 0 Å². The lowest BCUT2D eigenvalue weighted by Gasteiger charge is -1.98. The van der Waals surface area contributed by atoms with Crippen molar-refractivity contribution in [1.29, 1.82) is 0 Å². The third-order valence-electron chi connectivity index (χ3n) is 1.51. The van der Waals surface area contributed by atoms with Crippen LogP contribution in [-0.2, 0) is 0 Å². The third-order valence-corrected chi connectivity index (χ3v) is 2.33. The quantitative estimate of drug-likeness (QED) is 0.659. The second-order valence-corrected chi connectivity index (χ2v) is 3.36. The highest BCUT2D eigenvalue weighted by Crippen LogP contribution is 2.17. The lowest BCUT2D eigenvalue weighted by molar-refractivity contribution is 0.799. The van der Waals surface area contributed by atoms with Gasteiger partial charge in [-0.15, -0.1) is 5.10 Å². The smallest absolute Gasteiger partial charge is 0.208 e. The molecule has 0 N–H and O–H groups in total. The van der Waals surface area contributed by atoms with Gasteiger partial charge in [0.2, 0.25) is 5.16 Å². The van der Waals surface area contributed by atoms with E-state index in [0.717, 1.165) is 5.52 Å². The molecule has 2 rings (SSSR count). The summed E-state index contributed by atoms with van der Waals surface area (Å²) >= 11 is 7.37. The number of aromatic nitrogens is 3. The molecule has 0 aliphatic rings. The maximum absolute atomic E-state index is 5.90. The average Bonchev–Trinajstić information content (AvgIpc) is 2.52. The number of hydrogen-bond donors (Lipinski definition) is 0. The van der Waals surface area contributed by atoms with E-state index in [1.54, 1.807) is 4.52 Å². The minimum Gasteiger partial charge on any atom is -0.235 e. The standard InChI is InChI=1S/C7H6ClN3S/c1-12-7-9-6(8)5-3-2-4-11(5)10-7/h2-4H,1H3. The molecule has 5 heteroatoms. The minimum atomic E-state index is 0.499. The van der Waals surface area contributed by atoms with Gasteiger partial charge in [0, 0.05) is 6.20 Å². The van der Waals surface area contributed by atoms with Gasteiger partial charge in [0.05, 0.1) is 0 Å².